The summed E-state index contributed by atoms with van der Waals surface area (Å²) in [6.07, 6.45) is 7.39. The lowest BCUT2D eigenvalue weighted by atomic mass is 10.1. The van der Waals surface area contributed by atoms with E-state index in [1.165, 1.54) is 25.7 Å². The largest absolute Gasteiger partial charge is 0.370 e. The number of hydrogen-bond acceptors (Lipinski definition) is 1. The summed E-state index contributed by atoms with van der Waals surface area (Å²) in [6, 6.07) is 2.33. The van der Waals surface area contributed by atoms with Crippen LogP contribution in [0.3, 0.4) is 0 Å². The maximum absolute atomic E-state index is 13.1. The Morgan fingerprint density at radius 1 is 1.09 bits per heavy atom. The highest BCUT2D eigenvalue weighted by Gasteiger charge is 2.12. The number of guanidine groups is 1. The molecule has 3 nitrogen and oxygen atoms in total. The number of benzene rings is 1. The Labute approximate surface area is 128 Å². The Hall–Kier alpha value is -1.72. The molecule has 0 radical (unpaired) electrons. The first-order chi connectivity index (χ1) is 10.6. The van der Waals surface area contributed by atoms with Crippen LogP contribution in [-0.4, -0.2) is 18.5 Å². The molecular weight excluding hydrogens is 291 g/mol. The predicted octanol–water partition coefficient (Wildman–Crippen LogP) is 3.27. The van der Waals surface area contributed by atoms with Crippen LogP contribution in [0.25, 0.3) is 0 Å². The normalized spacial score (nSPS) is 17.3. The summed E-state index contributed by atoms with van der Waals surface area (Å²) < 4.78 is 39.0. The van der Waals surface area contributed by atoms with Gasteiger partial charge in [0, 0.05) is 12.6 Å². The van der Waals surface area contributed by atoms with Crippen LogP contribution in [-0.2, 0) is 6.42 Å². The Morgan fingerprint density at radius 2 is 1.68 bits per heavy atom. The van der Waals surface area contributed by atoms with Crippen molar-refractivity contribution in [1.29, 1.82) is 0 Å². The third kappa shape index (κ3) is 4.93. The minimum Gasteiger partial charge on any atom is -0.370 e. The lowest BCUT2D eigenvalue weighted by molar-refractivity contribution is 0.445. The van der Waals surface area contributed by atoms with Crippen LogP contribution in [0.15, 0.2) is 17.1 Å². The number of nitrogens with one attached hydrogen (secondary N) is 1. The van der Waals surface area contributed by atoms with E-state index in [1.807, 2.05) is 0 Å². The molecule has 1 fully saturated rings. The molecule has 3 N–H and O–H groups in total. The average Bonchev–Trinajstić information content (AvgIpc) is 2.73. The molecule has 6 heteroatoms. The SMILES string of the molecule is NC(=NCCc1cc(F)c(F)c(F)c1)NC1CCCCCC1. The summed E-state index contributed by atoms with van der Waals surface area (Å²) in [6.45, 7) is 0.302. The zero-order valence-corrected chi connectivity index (χ0v) is 12.5. The van der Waals surface area contributed by atoms with E-state index in [-0.39, 0.29) is 0 Å². The van der Waals surface area contributed by atoms with Gasteiger partial charge in [-0.2, -0.15) is 0 Å². The van der Waals surface area contributed by atoms with Gasteiger partial charge in [0.1, 0.15) is 0 Å². The molecule has 0 amide bonds. The van der Waals surface area contributed by atoms with Gasteiger partial charge in [-0.1, -0.05) is 25.7 Å². The van der Waals surface area contributed by atoms with Gasteiger partial charge in [0.2, 0.25) is 0 Å². The summed E-state index contributed by atoms with van der Waals surface area (Å²) in [4.78, 5) is 4.17. The van der Waals surface area contributed by atoms with Gasteiger partial charge in [-0.25, -0.2) is 13.2 Å². The highest BCUT2D eigenvalue weighted by Crippen LogP contribution is 2.17. The van der Waals surface area contributed by atoms with Crippen LogP contribution in [0, 0.1) is 17.5 Å². The van der Waals surface area contributed by atoms with Crippen molar-refractivity contribution in [3.63, 3.8) is 0 Å². The highest BCUT2D eigenvalue weighted by atomic mass is 19.2. The Morgan fingerprint density at radius 3 is 2.27 bits per heavy atom. The van der Waals surface area contributed by atoms with Gasteiger partial charge in [0.25, 0.3) is 0 Å². The van der Waals surface area contributed by atoms with Crippen LogP contribution in [0.4, 0.5) is 13.2 Å². The Kier molecular flexibility index (Phi) is 6.10. The summed E-state index contributed by atoms with van der Waals surface area (Å²) in [5.74, 6) is -3.44. The maximum atomic E-state index is 13.1. The topological polar surface area (TPSA) is 50.4 Å². The summed E-state index contributed by atoms with van der Waals surface area (Å²) >= 11 is 0. The average molecular weight is 313 g/mol. The van der Waals surface area contributed by atoms with Crippen LogP contribution in [0.1, 0.15) is 44.1 Å². The van der Waals surface area contributed by atoms with Crippen LogP contribution < -0.4 is 11.1 Å². The summed E-state index contributed by atoms with van der Waals surface area (Å²) in [5.41, 5.74) is 6.20. The van der Waals surface area contributed by atoms with Crippen molar-refractivity contribution in [1.82, 2.24) is 5.32 Å². The highest BCUT2D eigenvalue weighted by molar-refractivity contribution is 5.78. The maximum Gasteiger partial charge on any atom is 0.194 e. The van der Waals surface area contributed by atoms with E-state index in [0.717, 1.165) is 25.0 Å². The van der Waals surface area contributed by atoms with Gasteiger partial charge in [-0.05, 0) is 37.0 Å². The lowest BCUT2D eigenvalue weighted by Gasteiger charge is -2.16. The fourth-order valence-electron chi connectivity index (χ4n) is 2.74. The van der Waals surface area contributed by atoms with Crippen molar-refractivity contribution in [2.45, 2.75) is 51.0 Å². The first kappa shape index (κ1) is 16.6. The number of aliphatic imine (C=N–C) groups is 1. The molecule has 0 bridgehead atoms. The quantitative estimate of drug-likeness (QED) is 0.388. The molecule has 0 atom stereocenters. The molecule has 22 heavy (non-hydrogen) atoms. The van der Waals surface area contributed by atoms with Gasteiger partial charge in [0.05, 0.1) is 0 Å². The van der Waals surface area contributed by atoms with Crippen molar-refractivity contribution in [3.8, 4) is 0 Å². The van der Waals surface area contributed by atoms with E-state index in [4.69, 9.17) is 5.73 Å². The lowest BCUT2D eigenvalue weighted by Crippen LogP contribution is -2.40. The van der Waals surface area contributed by atoms with Gasteiger partial charge >= 0.3 is 0 Å². The van der Waals surface area contributed by atoms with Gasteiger partial charge in [0.15, 0.2) is 23.4 Å². The Balaban J connectivity index is 1.83. The second kappa shape index (κ2) is 8.06. The van der Waals surface area contributed by atoms with E-state index >= 15 is 0 Å². The molecule has 0 saturated heterocycles. The van der Waals surface area contributed by atoms with Crippen molar-refractivity contribution in [3.05, 3.63) is 35.1 Å². The molecule has 1 aromatic carbocycles. The zero-order chi connectivity index (χ0) is 15.9. The number of rotatable bonds is 4. The van der Waals surface area contributed by atoms with Crippen molar-refractivity contribution >= 4 is 5.96 Å². The fourth-order valence-corrected chi connectivity index (χ4v) is 2.74. The summed E-state index contributed by atoms with van der Waals surface area (Å²) in [7, 11) is 0. The second-order valence-corrected chi connectivity index (χ2v) is 5.72. The standard InChI is InChI=1S/C16H22F3N3/c17-13-9-11(10-14(18)15(13)19)7-8-21-16(20)22-12-5-3-1-2-4-6-12/h9-10,12H,1-8H2,(H3,20,21,22). The first-order valence-corrected chi connectivity index (χ1v) is 7.76. The smallest absolute Gasteiger partial charge is 0.194 e. The molecule has 1 aliphatic rings. The molecule has 1 saturated carbocycles. The molecule has 0 unspecified atom stereocenters. The van der Waals surface area contributed by atoms with E-state index in [2.05, 4.69) is 10.3 Å². The van der Waals surface area contributed by atoms with Gasteiger partial charge in [-0.3, -0.25) is 4.99 Å². The minimum absolute atomic E-state index is 0.302. The van der Waals surface area contributed by atoms with Crippen LogP contribution >= 0.6 is 0 Å². The van der Waals surface area contributed by atoms with E-state index in [0.29, 0.717) is 30.5 Å². The third-order valence-corrected chi connectivity index (χ3v) is 3.93. The molecular formula is C16H22F3N3. The number of hydrogen-bond donors (Lipinski definition) is 2. The minimum atomic E-state index is -1.44. The van der Waals surface area contributed by atoms with Crippen LogP contribution in [0.2, 0.25) is 0 Å². The number of nitrogens with two attached hydrogens (primary N) is 1. The molecule has 0 heterocycles. The zero-order valence-electron chi connectivity index (χ0n) is 12.5. The molecule has 0 aliphatic heterocycles. The molecule has 1 aromatic rings. The van der Waals surface area contributed by atoms with E-state index < -0.39 is 17.5 Å². The number of halogens is 3. The Bertz CT molecular complexity index is 500. The third-order valence-electron chi connectivity index (χ3n) is 3.93. The molecule has 122 valence electrons. The number of nitrogens with zero attached hydrogens (tertiary/aromatic N) is 1. The van der Waals surface area contributed by atoms with Crippen LogP contribution in [0.5, 0.6) is 0 Å². The summed E-state index contributed by atoms with van der Waals surface area (Å²) in [5, 5.41) is 3.20. The molecule has 1 aliphatic carbocycles. The van der Waals surface area contributed by atoms with Crippen molar-refractivity contribution < 1.29 is 13.2 Å². The fraction of sp³-hybridized carbons (Fsp3) is 0.562. The second-order valence-electron chi connectivity index (χ2n) is 5.72. The van der Waals surface area contributed by atoms with E-state index in [1.54, 1.807) is 0 Å². The molecule has 0 aromatic heterocycles. The van der Waals surface area contributed by atoms with Gasteiger partial charge in [-0.15, -0.1) is 0 Å². The monoisotopic (exact) mass is 313 g/mol. The van der Waals surface area contributed by atoms with Crippen molar-refractivity contribution in [2.75, 3.05) is 6.54 Å². The van der Waals surface area contributed by atoms with Crippen molar-refractivity contribution in [2.24, 2.45) is 10.7 Å². The van der Waals surface area contributed by atoms with E-state index in [9.17, 15) is 13.2 Å². The molecule has 0 spiro atoms. The predicted molar refractivity (Wildman–Crippen MR) is 81.1 cm³/mol. The molecule has 2 rings (SSSR count). The first-order valence-electron chi connectivity index (χ1n) is 7.76. The van der Waals surface area contributed by atoms with Gasteiger partial charge < -0.3 is 11.1 Å².